The number of benzene rings is 10. The number of hydrogen-bond acceptors (Lipinski definition) is 2. The highest BCUT2D eigenvalue weighted by atomic mass is 16.3. The van der Waals surface area contributed by atoms with Crippen molar-refractivity contribution in [1.82, 2.24) is 0 Å². The Morgan fingerprint density at radius 1 is 0.311 bits per heavy atom. The van der Waals surface area contributed by atoms with Crippen molar-refractivity contribution in [1.29, 1.82) is 0 Å². The van der Waals surface area contributed by atoms with Gasteiger partial charge in [-0.05, 0) is 121 Å². The number of para-hydroxylation sites is 1. The summed E-state index contributed by atoms with van der Waals surface area (Å²) in [6, 6.07) is 82.3. The third-order valence-electron chi connectivity index (χ3n) is 13.3. The number of rotatable bonds is 5. The van der Waals surface area contributed by atoms with Crippen LogP contribution in [0, 0.1) is 0 Å². The zero-order valence-corrected chi connectivity index (χ0v) is 33.2. The maximum atomic E-state index is 6.36. The van der Waals surface area contributed by atoms with Crippen molar-refractivity contribution in [2.75, 3.05) is 4.90 Å². The standard InChI is InChI=1S/C59H37NO/c1-2-13-38(14-3-1)39-25-30-42(31-26-39)60(43-32-27-40(28-33-43)45-20-12-15-41-29-36-56-58(57(41)45)50-19-7-11-24-55(50)61-56)44-34-35-49-48-18-6-10-23-53(48)59(54(49)37-44)51-21-8-4-16-46(51)47-17-5-9-22-52(47)59/h1-37H. The summed E-state index contributed by atoms with van der Waals surface area (Å²) >= 11 is 0. The second-order valence-electron chi connectivity index (χ2n) is 16.4. The summed E-state index contributed by atoms with van der Waals surface area (Å²) < 4.78 is 6.36. The number of furan rings is 1. The van der Waals surface area contributed by atoms with Crippen molar-refractivity contribution in [3.8, 4) is 44.5 Å². The topological polar surface area (TPSA) is 16.4 Å². The van der Waals surface area contributed by atoms with E-state index in [1.807, 2.05) is 6.07 Å². The number of hydrogen-bond donors (Lipinski definition) is 0. The highest BCUT2D eigenvalue weighted by Gasteiger charge is 2.51. The molecule has 1 aromatic heterocycles. The van der Waals surface area contributed by atoms with Crippen LogP contribution in [0.3, 0.4) is 0 Å². The van der Waals surface area contributed by atoms with Gasteiger partial charge in [0.15, 0.2) is 0 Å². The summed E-state index contributed by atoms with van der Waals surface area (Å²) in [7, 11) is 0. The zero-order chi connectivity index (χ0) is 40.1. The molecule has 10 aromatic carbocycles. The molecule has 11 aromatic rings. The highest BCUT2D eigenvalue weighted by Crippen LogP contribution is 2.63. The summed E-state index contributed by atoms with van der Waals surface area (Å²) in [5, 5.41) is 4.72. The predicted octanol–water partition coefficient (Wildman–Crippen LogP) is 15.9. The SMILES string of the molecule is c1ccc(-c2ccc(N(c3ccc(-c4cccc5ccc6oc7ccccc7c6c45)cc3)c3ccc4c(c3)C3(c5ccccc5-c5ccccc53)c3ccccc3-4)cc2)cc1. The van der Waals surface area contributed by atoms with E-state index < -0.39 is 5.41 Å². The van der Waals surface area contributed by atoms with Crippen LogP contribution in [0.4, 0.5) is 17.1 Å². The van der Waals surface area contributed by atoms with E-state index in [0.29, 0.717) is 0 Å². The lowest BCUT2D eigenvalue weighted by Gasteiger charge is -2.32. The third-order valence-corrected chi connectivity index (χ3v) is 13.3. The number of fused-ring (bicyclic) bond motifs is 15. The molecule has 284 valence electrons. The Morgan fingerprint density at radius 2 is 0.836 bits per heavy atom. The molecule has 2 aliphatic carbocycles. The van der Waals surface area contributed by atoms with Crippen LogP contribution in [-0.2, 0) is 5.41 Å². The monoisotopic (exact) mass is 775 g/mol. The molecule has 61 heavy (non-hydrogen) atoms. The Bertz CT molecular complexity index is 3460. The molecule has 0 saturated heterocycles. The fraction of sp³-hybridized carbons (Fsp3) is 0.0169. The Kier molecular flexibility index (Phi) is 7.26. The maximum Gasteiger partial charge on any atom is 0.136 e. The molecule has 1 spiro atoms. The molecule has 2 heteroatoms. The minimum Gasteiger partial charge on any atom is -0.456 e. The predicted molar refractivity (Wildman–Crippen MR) is 253 cm³/mol. The molecule has 0 aliphatic heterocycles. The van der Waals surface area contributed by atoms with Crippen LogP contribution in [0.15, 0.2) is 229 Å². The van der Waals surface area contributed by atoms with Crippen molar-refractivity contribution < 1.29 is 4.42 Å². The largest absolute Gasteiger partial charge is 0.456 e. The Labute approximate surface area is 354 Å². The smallest absolute Gasteiger partial charge is 0.136 e. The van der Waals surface area contributed by atoms with Crippen LogP contribution in [0.25, 0.3) is 77.2 Å². The molecule has 0 atom stereocenters. The van der Waals surface area contributed by atoms with Gasteiger partial charge in [0.2, 0.25) is 0 Å². The lowest BCUT2D eigenvalue weighted by Crippen LogP contribution is -2.26. The first-order valence-corrected chi connectivity index (χ1v) is 21.1. The van der Waals surface area contributed by atoms with Gasteiger partial charge in [0, 0.05) is 33.2 Å². The first-order valence-electron chi connectivity index (χ1n) is 21.1. The van der Waals surface area contributed by atoms with Crippen LogP contribution in [0.5, 0.6) is 0 Å². The summed E-state index contributed by atoms with van der Waals surface area (Å²) in [5.74, 6) is 0. The fourth-order valence-corrected chi connectivity index (χ4v) is 10.7. The van der Waals surface area contributed by atoms with Crippen LogP contribution < -0.4 is 4.90 Å². The first kappa shape index (κ1) is 34.0. The summed E-state index contributed by atoms with van der Waals surface area (Å²) in [6.45, 7) is 0. The average Bonchev–Trinajstić information content (AvgIpc) is 3.96. The molecular formula is C59H37NO. The molecule has 2 aliphatic rings. The lowest BCUT2D eigenvalue weighted by molar-refractivity contribution is 0.669. The van der Waals surface area contributed by atoms with Crippen molar-refractivity contribution in [2.45, 2.75) is 5.41 Å². The van der Waals surface area contributed by atoms with Crippen molar-refractivity contribution >= 4 is 49.8 Å². The Morgan fingerprint density at radius 3 is 1.51 bits per heavy atom. The van der Waals surface area contributed by atoms with Crippen LogP contribution in [0.2, 0.25) is 0 Å². The number of anilines is 3. The van der Waals surface area contributed by atoms with E-state index in [2.05, 4.69) is 223 Å². The fourth-order valence-electron chi connectivity index (χ4n) is 10.7. The number of nitrogens with zero attached hydrogens (tertiary/aromatic N) is 1. The van der Waals surface area contributed by atoms with Gasteiger partial charge in [-0.2, -0.15) is 0 Å². The third kappa shape index (κ3) is 4.85. The molecule has 0 fully saturated rings. The molecular weight excluding hydrogens is 739 g/mol. The maximum absolute atomic E-state index is 6.36. The van der Waals surface area contributed by atoms with E-state index in [9.17, 15) is 0 Å². The van der Waals surface area contributed by atoms with Gasteiger partial charge in [-0.3, -0.25) is 0 Å². The molecule has 0 amide bonds. The molecule has 2 nitrogen and oxygen atoms in total. The molecule has 0 bridgehead atoms. The Balaban J connectivity index is 1.01. The van der Waals surface area contributed by atoms with Crippen LogP contribution in [0.1, 0.15) is 22.3 Å². The summed E-state index contributed by atoms with van der Waals surface area (Å²) in [6.07, 6.45) is 0. The van der Waals surface area contributed by atoms with E-state index in [0.717, 1.165) is 44.6 Å². The molecule has 0 N–H and O–H groups in total. The quantitative estimate of drug-likeness (QED) is 0.173. The second kappa shape index (κ2) is 13.0. The van der Waals surface area contributed by atoms with Gasteiger partial charge in [0.1, 0.15) is 11.2 Å². The molecule has 13 rings (SSSR count). The van der Waals surface area contributed by atoms with E-state index >= 15 is 0 Å². The average molecular weight is 776 g/mol. The van der Waals surface area contributed by atoms with E-state index in [-0.39, 0.29) is 0 Å². The first-order chi connectivity index (χ1) is 30.3. The zero-order valence-electron chi connectivity index (χ0n) is 33.2. The Hall–Kier alpha value is -7.94. The van der Waals surface area contributed by atoms with Gasteiger partial charge in [-0.25, -0.2) is 0 Å². The molecule has 0 radical (unpaired) electrons. The van der Waals surface area contributed by atoms with Gasteiger partial charge in [-0.15, -0.1) is 0 Å². The molecule has 0 saturated carbocycles. The van der Waals surface area contributed by atoms with Gasteiger partial charge in [0.05, 0.1) is 5.41 Å². The van der Waals surface area contributed by atoms with Gasteiger partial charge >= 0.3 is 0 Å². The van der Waals surface area contributed by atoms with Gasteiger partial charge in [0.25, 0.3) is 0 Å². The minimum atomic E-state index is -0.432. The second-order valence-corrected chi connectivity index (χ2v) is 16.4. The lowest BCUT2D eigenvalue weighted by atomic mass is 9.70. The van der Waals surface area contributed by atoms with Crippen molar-refractivity contribution in [2.24, 2.45) is 0 Å². The van der Waals surface area contributed by atoms with E-state index in [1.165, 1.54) is 72.0 Å². The molecule has 0 unspecified atom stereocenters. The summed E-state index contributed by atoms with van der Waals surface area (Å²) in [5.41, 5.74) is 20.0. The van der Waals surface area contributed by atoms with Crippen LogP contribution >= 0.6 is 0 Å². The van der Waals surface area contributed by atoms with Gasteiger partial charge < -0.3 is 9.32 Å². The van der Waals surface area contributed by atoms with Crippen molar-refractivity contribution in [3.63, 3.8) is 0 Å². The minimum absolute atomic E-state index is 0.432. The normalized spacial score (nSPS) is 13.0. The summed E-state index contributed by atoms with van der Waals surface area (Å²) in [4.78, 5) is 2.42. The van der Waals surface area contributed by atoms with Crippen LogP contribution in [-0.4, -0.2) is 0 Å². The van der Waals surface area contributed by atoms with Gasteiger partial charge in [-0.1, -0.05) is 176 Å². The highest BCUT2D eigenvalue weighted by molar-refractivity contribution is 6.22. The molecule has 1 heterocycles. The van der Waals surface area contributed by atoms with Crippen molar-refractivity contribution in [3.05, 3.63) is 247 Å². The van der Waals surface area contributed by atoms with E-state index in [4.69, 9.17) is 4.42 Å². The van der Waals surface area contributed by atoms with E-state index in [1.54, 1.807) is 0 Å².